The Bertz CT molecular complexity index is 421. The Labute approximate surface area is 88.6 Å². The molecule has 1 heterocycles. The molecule has 0 aliphatic rings. The summed E-state index contributed by atoms with van der Waals surface area (Å²) < 4.78 is 26.7. The third kappa shape index (κ3) is 3.75. The molecule has 0 aromatic carbocycles. The van der Waals surface area contributed by atoms with Crippen molar-refractivity contribution in [2.45, 2.75) is 0 Å². The van der Waals surface area contributed by atoms with Gasteiger partial charge in [-0.1, -0.05) is 0 Å². The molecule has 1 aromatic rings. The molecule has 0 atom stereocenters. The molecule has 15 heavy (non-hydrogen) atoms. The average Bonchev–Trinajstić information content (AvgIpc) is 2.64. The Morgan fingerprint density at radius 1 is 1.53 bits per heavy atom. The lowest BCUT2D eigenvalue weighted by atomic mass is 10.4. The van der Waals surface area contributed by atoms with Crippen molar-refractivity contribution < 1.29 is 17.6 Å². The predicted molar refractivity (Wildman–Crippen MR) is 55.4 cm³/mol. The van der Waals surface area contributed by atoms with E-state index in [1.165, 1.54) is 18.2 Å². The zero-order chi connectivity index (χ0) is 11.5. The topological polar surface area (TPSA) is 67.6 Å². The van der Waals surface area contributed by atoms with Crippen molar-refractivity contribution in [3.63, 3.8) is 0 Å². The first-order valence-electron chi connectivity index (χ1n) is 4.37. The lowest BCUT2D eigenvalue weighted by Gasteiger charge is -2.14. The highest BCUT2D eigenvalue weighted by molar-refractivity contribution is 7.90. The van der Waals surface area contributed by atoms with Crippen molar-refractivity contribution in [3.05, 3.63) is 24.2 Å². The van der Waals surface area contributed by atoms with E-state index in [0.717, 1.165) is 6.26 Å². The van der Waals surface area contributed by atoms with Crippen LogP contribution in [0.2, 0.25) is 0 Å². The van der Waals surface area contributed by atoms with Crippen molar-refractivity contribution in [2.24, 2.45) is 0 Å². The fraction of sp³-hybridized carbons (Fsp3) is 0.444. The van der Waals surface area contributed by atoms with Gasteiger partial charge in [0.1, 0.15) is 9.84 Å². The minimum absolute atomic E-state index is 0.0457. The maximum atomic E-state index is 11.6. The molecule has 1 rings (SSSR count). The van der Waals surface area contributed by atoms with Crippen molar-refractivity contribution >= 4 is 15.7 Å². The average molecular weight is 231 g/mol. The summed E-state index contributed by atoms with van der Waals surface area (Å²) in [5.41, 5.74) is 0. The van der Waals surface area contributed by atoms with E-state index in [1.54, 1.807) is 12.1 Å². The first-order chi connectivity index (χ1) is 6.90. The summed E-state index contributed by atoms with van der Waals surface area (Å²) in [5.74, 6) is -0.148. The number of hydrogen-bond donors (Lipinski definition) is 0. The third-order valence-corrected chi connectivity index (χ3v) is 2.80. The maximum Gasteiger partial charge on any atom is 0.289 e. The standard InChI is InChI=1S/C9H13NO4S/c1-10(5-7-15(2,12)13)9(11)8-4-3-6-14-8/h3-4,6H,5,7H2,1-2H3. The van der Waals surface area contributed by atoms with Crippen LogP contribution in [0.1, 0.15) is 10.6 Å². The fourth-order valence-electron chi connectivity index (χ4n) is 0.993. The molecule has 0 radical (unpaired) electrons. The summed E-state index contributed by atoms with van der Waals surface area (Å²) >= 11 is 0. The van der Waals surface area contributed by atoms with Crippen LogP contribution in [-0.4, -0.2) is 44.8 Å². The molecule has 0 saturated carbocycles. The maximum absolute atomic E-state index is 11.6. The number of carbonyl (C=O) groups excluding carboxylic acids is 1. The molecule has 0 fully saturated rings. The number of furan rings is 1. The second-order valence-corrected chi connectivity index (χ2v) is 5.59. The van der Waals surface area contributed by atoms with Crippen molar-refractivity contribution in [1.29, 1.82) is 0 Å². The van der Waals surface area contributed by atoms with E-state index in [1.807, 2.05) is 0 Å². The third-order valence-electron chi connectivity index (χ3n) is 1.88. The molecular formula is C9H13NO4S. The molecule has 5 nitrogen and oxygen atoms in total. The van der Waals surface area contributed by atoms with Crippen LogP contribution in [0.4, 0.5) is 0 Å². The summed E-state index contributed by atoms with van der Waals surface area (Å²) in [6, 6.07) is 3.15. The predicted octanol–water partition coefficient (Wildman–Crippen LogP) is 0.396. The molecule has 0 spiro atoms. The smallest absolute Gasteiger partial charge is 0.289 e. The lowest BCUT2D eigenvalue weighted by molar-refractivity contribution is 0.0772. The van der Waals surface area contributed by atoms with Gasteiger partial charge in [0.15, 0.2) is 5.76 Å². The van der Waals surface area contributed by atoms with E-state index < -0.39 is 9.84 Å². The van der Waals surface area contributed by atoms with Gasteiger partial charge in [0.05, 0.1) is 12.0 Å². The quantitative estimate of drug-likeness (QED) is 0.752. The van der Waals surface area contributed by atoms with Crippen LogP contribution in [0.3, 0.4) is 0 Å². The lowest BCUT2D eigenvalue weighted by Crippen LogP contribution is -2.31. The molecule has 0 aliphatic carbocycles. The molecule has 0 saturated heterocycles. The normalized spacial score (nSPS) is 11.3. The Balaban J connectivity index is 2.55. The fourth-order valence-corrected chi connectivity index (χ4v) is 1.60. The van der Waals surface area contributed by atoms with E-state index in [9.17, 15) is 13.2 Å². The second-order valence-electron chi connectivity index (χ2n) is 3.33. The first kappa shape index (κ1) is 11.8. The van der Waals surface area contributed by atoms with Gasteiger partial charge in [-0.05, 0) is 12.1 Å². The first-order valence-corrected chi connectivity index (χ1v) is 6.43. The van der Waals surface area contributed by atoms with Gasteiger partial charge in [0.25, 0.3) is 5.91 Å². The molecule has 84 valence electrons. The van der Waals surface area contributed by atoms with E-state index in [4.69, 9.17) is 4.42 Å². The summed E-state index contributed by atoms with van der Waals surface area (Å²) in [6.45, 7) is 0.165. The van der Waals surface area contributed by atoms with Crippen LogP contribution in [0, 0.1) is 0 Å². The highest BCUT2D eigenvalue weighted by Gasteiger charge is 2.15. The molecule has 6 heteroatoms. The molecule has 1 amide bonds. The number of rotatable bonds is 4. The minimum Gasteiger partial charge on any atom is -0.459 e. The Morgan fingerprint density at radius 2 is 2.20 bits per heavy atom. The summed E-state index contributed by atoms with van der Waals surface area (Å²) in [6.07, 6.45) is 2.54. The molecule has 1 aromatic heterocycles. The molecule has 0 bridgehead atoms. The highest BCUT2D eigenvalue weighted by Crippen LogP contribution is 2.03. The van der Waals surface area contributed by atoms with Gasteiger partial charge in [-0.25, -0.2) is 8.42 Å². The van der Waals surface area contributed by atoms with Gasteiger partial charge in [-0.2, -0.15) is 0 Å². The van der Waals surface area contributed by atoms with Gasteiger partial charge in [0, 0.05) is 19.8 Å². The molecule has 0 N–H and O–H groups in total. The Morgan fingerprint density at radius 3 is 2.67 bits per heavy atom. The van der Waals surface area contributed by atoms with E-state index >= 15 is 0 Å². The van der Waals surface area contributed by atoms with Crippen molar-refractivity contribution in [1.82, 2.24) is 4.90 Å². The minimum atomic E-state index is -3.05. The Kier molecular flexibility index (Phi) is 3.52. The SMILES string of the molecule is CN(CCS(C)(=O)=O)C(=O)c1ccco1. The molecule has 0 aliphatic heterocycles. The van der Waals surface area contributed by atoms with Crippen LogP contribution in [-0.2, 0) is 9.84 Å². The zero-order valence-electron chi connectivity index (χ0n) is 8.63. The monoisotopic (exact) mass is 231 g/mol. The molecular weight excluding hydrogens is 218 g/mol. The summed E-state index contributed by atoms with van der Waals surface area (Å²) in [4.78, 5) is 12.9. The Hall–Kier alpha value is -1.30. The molecule has 0 unspecified atom stereocenters. The zero-order valence-corrected chi connectivity index (χ0v) is 9.45. The van der Waals surface area contributed by atoms with Crippen molar-refractivity contribution in [3.8, 4) is 0 Å². The number of sulfone groups is 1. The van der Waals surface area contributed by atoms with Crippen LogP contribution < -0.4 is 0 Å². The van der Waals surface area contributed by atoms with E-state index in [0.29, 0.717) is 0 Å². The van der Waals surface area contributed by atoms with E-state index in [-0.39, 0.29) is 24.0 Å². The van der Waals surface area contributed by atoms with Gasteiger partial charge in [-0.3, -0.25) is 4.79 Å². The van der Waals surface area contributed by atoms with Gasteiger partial charge < -0.3 is 9.32 Å². The van der Waals surface area contributed by atoms with Crippen LogP contribution in [0.25, 0.3) is 0 Å². The van der Waals surface area contributed by atoms with Gasteiger partial charge in [0.2, 0.25) is 0 Å². The van der Waals surface area contributed by atoms with Crippen LogP contribution >= 0.6 is 0 Å². The van der Waals surface area contributed by atoms with Crippen molar-refractivity contribution in [2.75, 3.05) is 25.6 Å². The number of carbonyl (C=O) groups is 1. The second kappa shape index (κ2) is 4.48. The number of amides is 1. The van der Waals surface area contributed by atoms with Crippen LogP contribution in [0.5, 0.6) is 0 Å². The number of hydrogen-bond acceptors (Lipinski definition) is 4. The highest BCUT2D eigenvalue weighted by atomic mass is 32.2. The summed E-state index contributed by atoms with van der Waals surface area (Å²) in [7, 11) is -1.51. The summed E-state index contributed by atoms with van der Waals surface area (Å²) in [5, 5.41) is 0. The largest absolute Gasteiger partial charge is 0.459 e. The van der Waals surface area contributed by atoms with E-state index in [2.05, 4.69) is 0 Å². The van der Waals surface area contributed by atoms with Gasteiger partial charge in [-0.15, -0.1) is 0 Å². The van der Waals surface area contributed by atoms with Gasteiger partial charge >= 0.3 is 0 Å². The number of nitrogens with zero attached hydrogens (tertiary/aromatic N) is 1. The van der Waals surface area contributed by atoms with Crippen LogP contribution in [0.15, 0.2) is 22.8 Å².